The number of esters is 1. The van der Waals surface area contributed by atoms with Crippen molar-refractivity contribution in [2.45, 2.75) is 12.5 Å². The molecule has 1 rings (SSSR count). The molecular weight excluding hydrogens is 182 g/mol. The molecule has 0 aliphatic carbocycles. The Labute approximate surface area is 82.1 Å². The zero-order chi connectivity index (χ0) is 10.6. The molecule has 0 fully saturated rings. The fourth-order valence-corrected chi connectivity index (χ4v) is 1.04. The van der Waals surface area contributed by atoms with Crippen molar-refractivity contribution in [2.75, 3.05) is 12.8 Å². The lowest BCUT2D eigenvalue weighted by Crippen LogP contribution is -2.17. The van der Waals surface area contributed by atoms with Gasteiger partial charge >= 0.3 is 5.97 Å². The Bertz CT molecular complexity index is 328. The van der Waals surface area contributed by atoms with Gasteiger partial charge in [-0.25, -0.2) is 0 Å². The summed E-state index contributed by atoms with van der Waals surface area (Å²) in [4.78, 5) is 14.9. The highest BCUT2D eigenvalue weighted by atomic mass is 16.5. The number of carbonyl (C=O) groups is 1. The molecule has 14 heavy (non-hydrogen) atoms. The summed E-state index contributed by atoms with van der Waals surface area (Å²) in [5, 5.41) is 0. The van der Waals surface area contributed by atoms with Crippen LogP contribution in [-0.4, -0.2) is 18.1 Å². The van der Waals surface area contributed by atoms with Gasteiger partial charge in [0, 0.05) is 11.9 Å². The molecule has 0 saturated heterocycles. The molecule has 0 aliphatic heterocycles. The average molecular weight is 195 g/mol. The van der Waals surface area contributed by atoms with E-state index in [0.717, 1.165) is 0 Å². The van der Waals surface area contributed by atoms with Crippen LogP contribution in [0, 0.1) is 0 Å². The van der Waals surface area contributed by atoms with E-state index in [9.17, 15) is 4.79 Å². The maximum atomic E-state index is 10.9. The summed E-state index contributed by atoms with van der Waals surface area (Å²) in [7, 11) is 1.32. The summed E-state index contributed by atoms with van der Waals surface area (Å²) in [6.45, 7) is 0. The van der Waals surface area contributed by atoms with E-state index in [4.69, 9.17) is 11.5 Å². The van der Waals surface area contributed by atoms with E-state index < -0.39 is 6.04 Å². The largest absolute Gasteiger partial charge is 0.469 e. The number of rotatable bonds is 3. The third-order valence-corrected chi connectivity index (χ3v) is 1.80. The summed E-state index contributed by atoms with van der Waals surface area (Å²) in [5.41, 5.74) is 12.4. The molecule has 0 bridgehead atoms. The monoisotopic (exact) mass is 195 g/mol. The number of hydrogen-bond acceptors (Lipinski definition) is 5. The lowest BCUT2D eigenvalue weighted by molar-refractivity contribution is -0.141. The first-order valence-corrected chi connectivity index (χ1v) is 4.17. The van der Waals surface area contributed by atoms with E-state index >= 15 is 0 Å². The van der Waals surface area contributed by atoms with Crippen molar-refractivity contribution in [3.63, 3.8) is 0 Å². The summed E-state index contributed by atoms with van der Waals surface area (Å²) in [6.07, 6.45) is 1.66. The van der Waals surface area contributed by atoms with Crippen LogP contribution in [0.5, 0.6) is 0 Å². The second kappa shape index (κ2) is 4.57. The average Bonchev–Trinajstić information content (AvgIpc) is 2.17. The molecule has 0 aromatic carbocycles. The number of nitrogens with zero attached hydrogens (tertiary/aromatic N) is 1. The van der Waals surface area contributed by atoms with E-state index in [2.05, 4.69) is 9.72 Å². The van der Waals surface area contributed by atoms with E-state index in [1.54, 1.807) is 18.3 Å². The quantitative estimate of drug-likeness (QED) is 0.673. The molecule has 0 spiro atoms. The molecule has 0 unspecified atom stereocenters. The predicted octanol–water partition coefficient (Wildman–Crippen LogP) is 0.227. The minimum atomic E-state index is -0.467. The number of methoxy groups -OCH3 is 1. The van der Waals surface area contributed by atoms with Crippen molar-refractivity contribution in [1.82, 2.24) is 4.98 Å². The van der Waals surface area contributed by atoms with Crippen molar-refractivity contribution < 1.29 is 9.53 Å². The fraction of sp³-hybridized carbons (Fsp3) is 0.333. The summed E-state index contributed by atoms with van der Waals surface area (Å²) < 4.78 is 4.49. The standard InChI is InChI=1S/C9H13N3O2/c1-14-9(13)5-7(11)8-4-6(10)2-3-12-8/h2-4,7H,5,11H2,1H3,(H2,10,12)/t7-/m1/s1. The number of hydrogen-bond donors (Lipinski definition) is 2. The maximum Gasteiger partial charge on any atom is 0.307 e. The Morgan fingerprint density at radius 2 is 2.43 bits per heavy atom. The van der Waals surface area contributed by atoms with Crippen molar-refractivity contribution in [1.29, 1.82) is 0 Å². The predicted molar refractivity (Wildman–Crippen MR) is 52.2 cm³/mol. The van der Waals surface area contributed by atoms with Gasteiger partial charge in [-0.15, -0.1) is 0 Å². The van der Waals surface area contributed by atoms with E-state index in [1.807, 2.05) is 0 Å². The van der Waals surface area contributed by atoms with Crippen LogP contribution in [0.25, 0.3) is 0 Å². The molecule has 0 radical (unpaired) electrons. The van der Waals surface area contributed by atoms with Gasteiger partial charge in [0.05, 0.1) is 25.3 Å². The van der Waals surface area contributed by atoms with Crippen molar-refractivity contribution >= 4 is 11.7 Å². The molecular formula is C9H13N3O2. The number of anilines is 1. The Morgan fingerprint density at radius 3 is 3.00 bits per heavy atom. The molecule has 0 amide bonds. The Hall–Kier alpha value is -1.62. The smallest absolute Gasteiger partial charge is 0.307 e. The highest BCUT2D eigenvalue weighted by Crippen LogP contribution is 2.13. The SMILES string of the molecule is COC(=O)C[C@@H](N)c1cc(N)ccn1. The fourth-order valence-electron chi connectivity index (χ4n) is 1.04. The van der Waals surface area contributed by atoms with Crippen molar-refractivity contribution in [2.24, 2.45) is 5.73 Å². The van der Waals surface area contributed by atoms with E-state index in [-0.39, 0.29) is 12.4 Å². The zero-order valence-electron chi connectivity index (χ0n) is 7.93. The highest BCUT2D eigenvalue weighted by molar-refractivity contribution is 5.70. The minimum absolute atomic E-state index is 0.104. The molecule has 0 saturated carbocycles. The molecule has 5 heteroatoms. The van der Waals surface area contributed by atoms with Crippen LogP contribution in [0.3, 0.4) is 0 Å². The number of nitrogens with two attached hydrogens (primary N) is 2. The first kappa shape index (κ1) is 10.5. The van der Waals surface area contributed by atoms with Crippen LogP contribution in [0.4, 0.5) is 5.69 Å². The number of ether oxygens (including phenoxy) is 1. The first-order chi connectivity index (χ1) is 6.63. The van der Waals surface area contributed by atoms with Gasteiger partial charge in [-0.05, 0) is 12.1 Å². The van der Waals surface area contributed by atoms with Crippen LogP contribution < -0.4 is 11.5 Å². The summed E-state index contributed by atoms with van der Waals surface area (Å²) >= 11 is 0. The molecule has 76 valence electrons. The lowest BCUT2D eigenvalue weighted by Gasteiger charge is -2.09. The van der Waals surface area contributed by atoms with Gasteiger partial charge in [0.15, 0.2) is 0 Å². The van der Waals surface area contributed by atoms with Crippen LogP contribution in [0.2, 0.25) is 0 Å². The van der Waals surface area contributed by atoms with Gasteiger partial charge in [0.2, 0.25) is 0 Å². The van der Waals surface area contributed by atoms with Gasteiger partial charge in [0.25, 0.3) is 0 Å². The molecule has 4 N–H and O–H groups in total. The van der Waals surface area contributed by atoms with Gasteiger partial charge < -0.3 is 16.2 Å². The zero-order valence-corrected chi connectivity index (χ0v) is 7.93. The molecule has 1 aromatic heterocycles. The Kier molecular flexibility index (Phi) is 3.41. The molecule has 1 atom stereocenters. The molecule has 0 aliphatic rings. The Morgan fingerprint density at radius 1 is 1.71 bits per heavy atom. The molecule has 1 heterocycles. The van der Waals surface area contributed by atoms with E-state index in [1.165, 1.54) is 7.11 Å². The van der Waals surface area contributed by atoms with Crippen LogP contribution in [0.15, 0.2) is 18.3 Å². The van der Waals surface area contributed by atoms with Gasteiger partial charge in [-0.3, -0.25) is 9.78 Å². The Balaban J connectivity index is 2.69. The van der Waals surface area contributed by atoms with Gasteiger partial charge in [0.1, 0.15) is 0 Å². The van der Waals surface area contributed by atoms with Gasteiger partial charge in [-0.2, -0.15) is 0 Å². The molecule has 1 aromatic rings. The highest BCUT2D eigenvalue weighted by Gasteiger charge is 2.12. The number of carbonyl (C=O) groups excluding carboxylic acids is 1. The molecule has 5 nitrogen and oxygen atoms in total. The second-order valence-electron chi connectivity index (χ2n) is 2.90. The van der Waals surface area contributed by atoms with Crippen molar-refractivity contribution in [3.8, 4) is 0 Å². The van der Waals surface area contributed by atoms with Crippen molar-refractivity contribution in [3.05, 3.63) is 24.0 Å². The van der Waals surface area contributed by atoms with Crippen LogP contribution >= 0.6 is 0 Å². The summed E-state index contributed by atoms with van der Waals surface area (Å²) in [6, 6.07) is 2.84. The topological polar surface area (TPSA) is 91.2 Å². The maximum absolute atomic E-state index is 10.9. The number of nitrogen functional groups attached to an aromatic ring is 1. The third-order valence-electron chi connectivity index (χ3n) is 1.80. The minimum Gasteiger partial charge on any atom is -0.469 e. The van der Waals surface area contributed by atoms with Gasteiger partial charge in [-0.1, -0.05) is 0 Å². The van der Waals surface area contributed by atoms with E-state index in [0.29, 0.717) is 11.4 Å². The number of aromatic nitrogens is 1. The lowest BCUT2D eigenvalue weighted by atomic mass is 10.1. The normalized spacial score (nSPS) is 12.1. The third kappa shape index (κ3) is 2.70. The first-order valence-electron chi connectivity index (χ1n) is 4.17. The van der Waals surface area contributed by atoms with Crippen LogP contribution in [0.1, 0.15) is 18.2 Å². The van der Waals surface area contributed by atoms with Crippen LogP contribution in [-0.2, 0) is 9.53 Å². The number of pyridine rings is 1. The second-order valence-corrected chi connectivity index (χ2v) is 2.90. The summed E-state index contributed by atoms with van der Waals surface area (Å²) in [5.74, 6) is -0.360.